The lowest BCUT2D eigenvalue weighted by atomic mass is 9.98. The number of hydrogen-bond donors (Lipinski definition) is 2. The zero-order chi connectivity index (χ0) is 24.1. The summed E-state index contributed by atoms with van der Waals surface area (Å²) in [6.45, 7) is 2.22. The Bertz CT molecular complexity index is 965. The molecular weight excluding hydrogens is 464 g/mol. The van der Waals surface area contributed by atoms with Gasteiger partial charge >= 0.3 is 5.97 Å². The first-order valence-corrected chi connectivity index (χ1v) is 14.0. The minimum Gasteiger partial charge on any atom is -0.480 e. The summed E-state index contributed by atoms with van der Waals surface area (Å²) in [5.41, 5.74) is 1.60. The fraction of sp³-hybridized carbons (Fsp3) is 0.636. The number of hydrogen-bond acceptors (Lipinski definition) is 7. The molecule has 184 valence electrons. The zero-order valence-electron chi connectivity index (χ0n) is 19.1. The number of aryl methyl sites for hydroxylation is 1. The third kappa shape index (κ3) is 10.2. The zero-order valence-corrected chi connectivity index (χ0v) is 20.7. The number of tetrazole rings is 1. The number of unbranched alkanes of at least 4 members (excludes halogenated alkanes) is 9. The molecule has 0 fully saturated rings. The molecule has 0 spiro atoms. The van der Waals surface area contributed by atoms with Gasteiger partial charge in [-0.2, -0.15) is 8.42 Å². The summed E-state index contributed by atoms with van der Waals surface area (Å²) in [7, 11) is -4.37. The molecule has 11 heteroatoms. The Morgan fingerprint density at radius 2 is 1.64 bits per heavy atom. The molecule has 1 aromatic carbocycles. The summed E-state index contributed by atoms with van der Waals surface area (Å²) in [6.07, 6.45) is 13.1. The summed E-state index contributed by atoms with van der Waals surface area (Å²) in [5, 5.41) is 19.5. The molecule has 0 saturated heterocycles. The molecule has 9 nitrogen and oxygen atoms in total. The van der Waals surface area contributed by atoms with Crippen LogP contribution in [0.5, 0.6) is 0 Å². The van der Waals surface area contributed by atoms with Crippen LogP contribution in [0.2, 0.25) is 0 Å². The van der Waals surface area contributed by atoms with E-state index in [-0.39, 0.29) is 5.16 Å². The molecular formula is C22H34N4O5S2. The molecule has 1 heterocycles. The third-order valence-electron chi connectivity index (χ3n) is 5.37. The second-order valence-electron chi connectivity index (χ2n) is 8.14. The molecule has 0 saturated carbocycles. The van der Waals surface area contributed by atoms with Crippen molar-refractivity contribution >= 4 is 27.8 Å². The average Bonchev–Trinajstić information content (AvgIpc) is 3.18. The second-order valence-corrected chi connectivity index (χ2v) is 10.6. The molecule has 0 aliphatic rings. The fourth-order valence-corrected chi connectivity index (χ4v) is 5.23. The van der Waals surface area contributed by atoms with Gasteiger partial charge in [0, 0.05) is 0 Å². The minimum absolute atomic E-state index is 0.00812. The minimum atomic E-state index is -4.37. The van der Waals surface area contributed by atoms with Crippen molar-refractivity contribution in [1.29, 1.82) is 0 Å². The first-order chi connectivity index (χ1) is 15.8. The maximum atomic E-state index is 12.1. The van der Waals surface area contributed by atoms with E-state index in [9.17, 15) is 18.3 Å². The molecule has 33 heavy (non-hydrogen) atoms. The van der Waals surface area contributed by atoms with Gasteiger partial charge in [-0.05, 0) is 34.4 Å². The van der Waals surface area contributed by atoms with Gasteiger partial charge in [-0.15, -0.1) is 5.10 Å². The maximum absolute atomic E-state index is 12.1. The van der Waals surface area contributed by atoms with Crippen LogP contribution >= 0.6 is 11.8 Å². The van der Waals surface area contributed by atoms with Crippen LogP contribution in [0.1, 0.15) is 87.5 Å². The van der Waals surface area contributed by atoms with Crippen molar-refractivity contribution < 1.29 is 22.9 Å². The SMILES string of the molecule is CCCCCCCCCCCCc1ccccc1C(Sc1nnnn1CS(=O)(=O)O)C(=O)O. The normalized spacial score (nSPS) is 12.7. The van der Waals surface area contributed by atoms with E-state index in [4.69, 9.17) is 4.55 Å². The molecule has 0 aliphatic heterocycles. The van der Waals surface area contributed by atoms with E-state index in [1.165, 1.54) is 51.4 Å². The highest BCUT2D eigenvalue weighted by Crippen LogP contribution is 2.36. The summed E-state index contributed by atoms with van der Waals surface area (Å²) >= 11 is 0.848. The molecule has 1 unspecified atom stereocenters. The first-order valence-electron chi connectivity index (χ1n) is 11.5. The van der Waals surface area contributed by atoms with Crippen LogP contribution < -0.4 is 0 Å². The van der Waals surface area contributed by atoms with Crippen LogP contribution in [0, 0.1) is 0 Å². The quantitative estimate of drug-likeness (QED) is 0.177. The van der Waals surface area contributed by atoms with Gasteiger partial charge in [-0.1, -0.05) is 101 Å². The number of carboxylic acid groups (broad SMARTS) is 1. The first kappa shape index (κ1) is 27.3. The van der Waals surface area contributed by atoms with E-state index in [0.717, 1.165) is 41.3 Å². The predicted octanol–water partition coefficient (Wildman–Crippen LogP) is 4.90. The van der Waals surface area contributed by atoms with Crippen LogP contribution in [0.4, 0.5) is 0 Å². The summed E-state index contributed by atoms with van der Waals surface area (Å²) < 4.78 is 32.3. The maximum Gasteiger partial charge on any atom is 0.321 e. The van der Waals surface area contributed by atoms with Crippen molar-refractivity contribution in [2.45, 2.75) is 93.8 Å². The molecule has 0 aliphatic carbocycles. The van der Waals surface area contributed by atoms with Crippen molar-refractivity contribution in [3.63, 3.8) is 0 Å². The lowest BCUT2D eigenvalue weighted by molar-refractivity contribution is -0.136. The topological polar surface area (TPSA) is 135 Å². The van der Waals surface area contributed by atoms with Crippen LogP contribution in [0.25, 0.3) is 0 Å². The van der Waals surface area contributed by atoms with Crippen LogP contribution in [-0.4, -0.2) is 44.3 Å². The fourth-order valence-electron chi connectivity index (χ4n) is 3.69. The number of aromatic nitrogens is 4. The van der Waals surface area contributed by atoms with Crippen molar-refractivity contribution in [3.8, 4) is 0 Å². The summed E-state index contributed by atoms with van der Waals surface area (Å²) in [4.78, 5) is 12.1. The van der Waals surface area contributed by atoms with Crippen LogP contribution in [0.15, 0.2) is 29.4 Å². The molecule has 2 rings (SSSR count). The molecule has 2 N–H and O–H groups in total. The lowest BCUT2D eigenvalue weighted by Crippen LogP contribution is -2.15. The summed E-state index contributed by atoms with van der Waals surface area (Å²) in [5.74, 6) is -1.91. The molecule has 1 atom stereocenters. The number of aliphatic carboxylic acids is 1. The van der Waals surface area contributed by atoms with Crippen molar-refractivity contribution in [2.75, 3.05) is 0 Å². The average molecular weight is 499 g/mol. The number of thioether (sulfide) groups is 1. The predicted molar refractivity (Wildman–Crippen MR) is 128 cm³/mol. The standard InChI is InChI=1S/C22H34N4O5S2/c1-2-3-4-5-6-7-8-9-10-11-14-18-15-12-13-16-19(18)20(21(27)28)32-22-23-24-25-26(22)17-33(29,30)31/h12-13,15-16,20H,2-11,14,17H2,1H3,(H,27,28)(H,29,30,31). The van der Waals surface area contributed by atoms with Gasteiger partial charge in [-0.25, -0.2) is 4.68 Å². The number of carboxylic acids is 1. The van der Waals surface area contributed by atoms with Gasteiger partial charge in [-0.3, -0.25) is 9.35 Å². The van der Waals surface area contributed by atoms with Crippen LogP contribution in [-0.2, 0) is 27.2 Å². The molecule has 0 radical (unpaired) electrons. The Labute approximate surface area is 200 Å². The van der Waals surface area contributed by atoms with Gasteiger partial charge in [0.15, 0.2) is 5.88 Å². The number of carbonyl (C=O) groups is 1. The number of rotatable bonds is 17. The smallest absolute Gasteiger partial charge is 0.321 e. The third-order valence-corrected chi connectivity index (χ3v) is 7.13. The van der Waals surface area contributed by atoms with Gasteiger partial charge < -0.3 is 5.11 Å². The molecule has 2 aromatic rings. The van der Waals surface area contributed by atoms with Gasteiger partial charge in [0.25, 0.3) is 10.1 Å². The number of benzene rings is 1. The van der Waals surface area contributed by atoms with Gasteiger partial charge in [0.05, 0.1) is 0 Å². The second kappa shape index (κ2) is 14.3. The van der Waals surface area contributed by atoms with Crippen molar-refractivity contribution in [3.05, 3.63) is 35.4 Å². The van der Waals surface area contributed by atoms with Crippen molar-refractivity contribution in [2.24, 2.45) is 0 Å². The molecule has 1 aromatic heterocycles. The highest BCUT2D eigenvalue weighted by Gasteiger charge is 2.27. The van der Waals surface area contributed by atoms with E-state index >= 15 is 0 Å². The van der Waals surface area contributed by atoms with E-state index in [0.29, 0.717) is 5.56 Å². The molecule has 0 amide bonds. The van der Waals surface area contributed by atoms with Gasteiger partial charge in [0.2, 0.25) is 5.16 Å². The Morgan fingerprint density at radius 1 is 1.03 bits per heavy atom. The van der Waals surface area contributed by atoms with Crippen molar-refractivity contribution in [1.82, 2.24) is 20.2 Å². The summed E-state index contributed by atoms with van der Waals surface area (Å²) in [6, 6.07) is 7.38. The monoisotopic (exact) mass is 498 g/mol. The van der Waals surface area contributed by atoms with E-state index < -0.39 is 27.2 Å². The largest absolute Gasteiger partial charge is 0.480 e. The molecule has 0 bridgehead atoms. The Balaban J connectivity index is 1.92. The van der Waals surface area contributed by atoms with E-state index in [2.05, 4.69) is 22.4 Å². The Hall–Kier alpha value is -1.98. The van der Waals surface area contributed by atoms with Gasteiger partial charge in [0.1, 0.15) is 5.25 Å². The number of nitrogens with zero attached hydrogens (tertiary/aromatic N) is 4. The Morgan fingerprint density at radius 3 is 2.24 bits per heavy atom. The van der Waals surface area contributed by atoms with E-state index in [1.807, 2.05) is 12.1 Å². The Kier molecular flexibility index (Phi) is 11.8. The highest BCUT2D eigenvalue weighted by molar-refractivity contribution is 8.00. The highest BCUT2D eigenvalue weighted by atomic mass is 32.2. The van der Waals surface area contributed by atoms with Crippen LogP contribution in [0.3, 0.4) is 0 Å². The van der Waals surface area contributed by atoms with E-state index in [1.54, 1.807) is 12.1 Å². The lowest BCUT2D eigenvalue weighted by Gasteiger charge is -2.16.